The van der Waals surface area contributed by atoms with Crippen LogP contribution in [0.5, 0.6) is 0 Å². The van der Waals surface area contributed by atoms with Crippen molar-refractivity contribution in [2.75, 3.05) is 0 Å². The van der Waals surface area contributed by atoms with Crippen LogP contribution in [-0.2, 0) is 10.8 Å². The van der Waals surface area contributed by atoms with Crippen molar-refractivity contribution in [2.45, 2.75) is 30.6 Å². The second-order valence-corrected chi connectivity index (χ2v) is 5.72. The number of aryl methyl sites for hydroxylation is 3. The van der Waals surface area contributed by atoms with E-state index in [0.29, 0.717) is 0 Å². The van der Waals surface area contributed by atoms with Crippen LogP contribution in [0.25, 0.3) is 0 Å². The zero-order valence-corrected chi connectivity index (χ0v) is 11.2. The molecule has 1 atom stereocenters. The molecular formula is C15H16OS. The van der Waals surface area contributed by atoms with E-state index in [0.717, 1.165) is 20.9 Å². The van der Waals surface area contributed by atoms with Gasteiger partial charge in [0.1, 0.15) is 0 Å². The third kappa shape index (κ3) is 2.47. The van der Waals surface area contributed by atoms with Crippen LogP contribution in [0.3, 0.4) is 0 Å². The lowest BCUT2D eigenvalue weighted by molar-refractivity contribution is 0.682. The molecule has 0 aliphatic heterocycles. The van der Waals surface area contributed by atoms with E-state index >= 15 is 0 Å². The van der Waals surface area contributed by atoms with Crippen molar-refractivity contribution >= 4 is 10.8 Å². The maximum absolute atomic E-state index is 12.5. The second-order valence-electron chi connectivity index (χ2n) is 4.30. The maximum Gasteiger partial charge on any atom is 0.0854 e. The molecule has 0 bridgehead atoms. The van der Waals surface area contributed by atoms with Crippen LogP contribution >= 0.6 is 0 Å². The van der Waals surface area contributed by atoms with Gasteiger partial charge in [-0.2, -0.15) is 0 Å². The molecule has 2 aromatic carbocycles. The van der Waals surface area contributed by atoms with E-state index in [1.807, 2.05) is 57.2 Å². The summed E-state index contributed by atoms with van der Waals surface area (Å²) in [7, 11) is -1.08. The number of hydrogen-bond donors (Lipinski definition) is 0. The lowest BCUT2D eigenvalue weighted by Crippen LogP contribution is -1.98. The first-order valence-corrected chi connectivity index (χ1v) is 6.79. The fourth-order valence-corrected chi connectivity index (χ4v) is 3.23. The van der Waals surface area contributed by atoms with E-state index in [-0.39, 0.29) is 0 Å². The first-order chi connectivity index (χ1) is 8.09. The zero-order chi connectivity index (χ0) is 12.4. The Morgan fingerprint density at radius 1 is 0.824 bits per heavy atom. The SMILES string of the molecule is Cc1ccc(S(=O)c2ccccc2C)c(C)c1. The van der Waals surface area contributed by atoms with Crippen LogP contribution < -0.4 is 0 Å². The summed E-state index contributed by atoms with van der Waals surface area (Å²) < 4.78 is 12.5. The fourth-order valence-electron chi connectivity index (χ4n) is 1.89. The van der Waals surface area contributed by atoms with Gasteiger partial charge >= 0.3 is 0 Å². The molecule has 17 heavy (non-hydrogen) atoms. The van der Waals surface area contributed by atoms with Crippen molar-refractivity contribution in [1.82, 2.24) is 0 Å². The minimum Gasteiger partial charge on any atom is -0.249 e. The molecule has 0 amide bonds. The Kier molecular flexibility index (Phi) is 3.43. The van der Waals surface area contributed by atoms with E-state index in [1.54, 1.807) is 0 Å². The number of rotatable bonds is 2. The van der Waals surface area contributed by atoms with Crippen LogP contribution in [0.4, 0.5) is 0 Å². The molecule has 0 aromatic heterocycles. The Morgan fingerprint density at radius 3 is 2.12 bits per heavy atom. The van der Waals surface area contributed by atoms with Crippen molar-refractivity contribution in [3.63, 3.8) is 0 Å². The van der Waals surface area contributed by atoms with Crippen LogP contribution in [0.1, 0.15) is 16.7 Å². The van der Waals surface area contributed by atoms with Gasteiger partial charge in [0.05, 0.1) is 10.8 Å². The summed E-state index contributed by atoms with van der Waals surface area (Å²) in [6.45, 7) is 6.06. The van der Waals surface area contributed by atoms with E-state index in [2.05, 4.69) is 6.07 Å². The molecule has 1 unspecified atom stereocenters. The first-order valence-electron chi connectivity index (χ1n) is 5.64. The third-order valence-corrected chi connectivity index (χ3v) is 4.54. The van der Waals surface area contributed by atoms with Gasteiger partial charge < -0.3 is 0 Å². The number of benzene rings is 2. The van der Waals surface area contributed by atoms with Gasteiger partial charge in [0, 0.05) is 9.79 Å². The summed E-state index contributed by atoms with van der Waals surface area (Å²) in [5, 5.41) is 0. The molecular weight excluding hydrogens is 228 g/mol. The lowest BCUT2D eigenvalue weighted by atomic mass is 10.2. The molecule has 0 saturated carbocycles. The third-order valence-electron chi connectivity index (χ3n) is 2.82. The normalized spacial score (nSPS) is 12.4. The molecule has 2 rings (SSSR count). The van der Waals surface area contributed by atoms with Gasteiger partial charge in [0.15, 0.2) is 0 Å². The summed E-state index contributed by atoms with van der Waals surface area (Å²) in [6, 6.07) is 13.9. The van der Waals surface area contributed by atoms with Gasteiger partial charge in [0.2, 0.25) is 0 Å². The molecule has 1 nitrogen and oxygen atoms in total. The molecule has 88 valence electrons. The minimum atomic E-state index is -1.08. The first kappa shape index (κ1) is 12.1. The molecule has 0 aliphatic rings. The summed E-state index contributed by atoms with van der Waals surface area (Å²) in [4.78, 5) is 1.81. The lowest BCUT2D eigenvalue weighted by Gasteiger charge is -2.09. The predicted molar refractivity (Wildman–Crippen MR) is 71.8 cm³/mol. The summed E-state index contributed by atoms with van der Waals surface area (Å²) >= 11 is 0. The Morgan fingerprint density at radius 2 is 1.47 bits per heavy atom. The van der Waals surface area contributed by atoms with Gasteiger partial charge in [-0.15, -0.1) is 0 Å². The summed E-state index contributed by atoms with van der Waals surface area (Å²) in [6.07, 6.45) is 0. The maximum atomic E-state index is 12.5. The quantitative estimate of drug-likeness (QED) is 0.785. The highest BCUT2D eigenvalue weighted by molar-refractivity contribution is 7.85. The minimum absolute atomic E-state index is 0.902. The van der Waals surface area contributed by atoms with Crippen molar-refractivity contribution in [1.29, 1.82) is 0 Å². The highest BCUT2D eigenvalue weighted by Crippen LogP contribution is 2.22. The molecule has 0 aliphatic carbocycles. The van der Waals surface area contributed by atoms with Gasteiger partial charge in [-0.05, 0) is 44.0 Å². The molecule has 0 saturated heterocycles. The van der Waals surface area contributed by atoms with Crippen molar-refractivity contribution in [3.05, 3.63) is 59.2 Å². The monoisotopic (exact) mass is 244 g/mol. The molecule has 0 N–H and O–H groups in total. The molecule has 0 spiro atoms. The smallest absolute Gasteiger partial charge is 0.0854 e. The number of hydrogen-bond acceptors (Lipinski definition) is 1. The highest BCUT2D eigenvalue weighted by atomic mass is 32.2. The average Bonchev–Trinajstić information content (AvgIpc) is 2.29. The highest BCUT2D eigenvalue weighted by Gasteiger charge is 2.11. The van der Waals surface area contributed by atoms with Gasteiger partial charge in [-0.25, -0.2) is 4.21 Å². The van der Waals surface area contributed by atoms with Gasteiger partial charge in [0.25, 0.3) is 0 Å². The Balaban J connectivity index is 2.48. The van der Waals surface area contributed by atoms with E-state index in [9.17, 15) is 4.21 Å². The van der Waals surface area contributed by atoms with Crippen LogP contribution in [-0.4, -0.2) is 4.21 Å². The van der Waals surface area contributed by atoms with Gasteiger partial charge in [-0.3, -0.25) is 0 Å². The molecule has 0 heterocycles. The van der Waals surface area contributed by atoms with E-state index < -0.39 is 10.8 Å². The molecule has 2 heteroatoms. The van der Waals surface area contributed by atoms with E-state index in [1.165, 1.54) is 5.56 Å². The molecule has 0 radical (unpaired) electrons. The van der Waals surface area contributed by atoms with E-state index in [4.69, 9.17) is 0 Å². The van der Waals surface area contributed by atoms with Crippen LogP contribution in [0.15, 0.2) is 52.3 Å². The summed E-state index contributed by atoms with van der Waals surface area (Å²) in [5.41, 5.74) is 3.37. The predicted octanol–water partition coefficient (Wildman–Crippen LogP) is 3.78. The Labute approximate surface area is 105 Å². The largest absolute Gasteiger partial charge is 0.249 e. The van der Waals surface area contributed by atoms with Crippen molar-refractivity contribution < 1.29 is 4.21 Å². The Bertz CT molecular complexity index is 573. The summed E-state index contributed by atoms with van der Waals surface area (Å²) in [5.74, 6) is 0. The zero-order valence-electron chi connectivity index (χ0n) is 10.4. The standard InChI is InChI=1S/C15H16OS/c1-11-8-9-15(13(3)10-11)17(16)14-7-5-4-6-12(14)2/h4-10H,1-3H3. The molecule has 0 fully saturated rings. The van der Waals surface area contributed by atoms with Crippen LogP contribution in [0, 0.1) is 20.8 Å². The van der Waals surface area contributed by atoms with Gasteiger partial charge in [-0.1, -0.05) is 35.9 Å². The second kappa shape index (κ2) is 4.84. The molecule has 2 aromatic rings. The van der Waals surface area contributed by atoms with Crippen molar-refractivity contribution in [2.24, 2.45) is 0 Å². The average molecular weight is 244 g/mol. The van der Waals surface area contributed by atoms with Crippen LogP contribution in [0.2, 0.25) is 0 Å². The van der Waals surface area contributed by atoms with Crippen molar-refractivity contribution in [3.8, 4) is 0 Å². The topological polar surface area (TPSA) is 17.1 Å². The fraction of sp³-hybridized carbons (Fsp3) is 0.200. The Hall–Kier alpha value is -1.41.